The van der Waals surface area contributed by atoms with Gasteiger partial charge in [0.1, 0.15) is 11.5 Å². The SMILES string of the molecule is COc1ccc(CN2CCCN(C(=O)CCN3C(=O)COc4ccccc43)CC2)cc1. The predicted molar refractivity (Wildman–Crippen MR) is 118 cm³/mol. The Morgan fingerprint density at radius 1 is 1.03 bits per heavy atom. The number of anilines is 1. The normalized spacial score (nSPS) is 17.0. The maximum Gasteiger partial charge on any atom is 0.265 e. The highest BCUT2D eigenvalue weighted by Gasteiger charge is 2.26. The number of carbonyl (C=O) groups is 2. The van der Waals surface area contributed by atoms with Crippen LogP contribution < -0.4 is 14.4 Å². The van der Waals surface area contributed by atoms with Crippen molar-refractivity contribution in [2.45, 2.75) is 19.4 Å². The summed E-state index contributed by atoms with van der Waals surface area (Å²) in [5, 5.41) is 0. The molecule has 7 heteroatoms. The van der Waals surface area contributed by atoms with Crippen molar-refractivity contribution >= 4 is 17.5 Å². The zero-order chi connectivity index (χ0) is 21.6. The molecular weight excluding hydrogens is 394 g/mol. The second-order valence-corrected chi connectivity index (χ2v) is 7.91. The third-order valence-corrected chi connectivity index (χ3v) is 5.86. The number of para-hydroxylation sites is 2. The molecule has 0 N–H and O–H groups in total. The number of benzene rings is 2. The van der Waals surface area contributed by atoms with Crippen LogP contribution in [0.2, 0.25) is 0 Å². The molecule has 0 unspecified atom stereocenters. The molecule has 1 saturated heterocycles. The summed E-state index contributed by atoms with van der Waals surface area (Å²) in [5.74, 6) is 1.55. The van der Waals surface area contributed by atoms with Gasteiger partial charge in [-0.15, -0.1) is 0 Å². The van der Waals surface area contributed by atoms with Crippen LogP contribution in [-0.4, -0.2) is 68.1 Å². The van der Waals surface area contributed by atoms with E-state index in [2.05, 4.69) is 17.0 Å². The number of hydrogen-bond donors (Lipinski definition) is 0. The molecule has 4 rings (SSSR count). The molecule has 0 bridgehead atoms. The van der Waals surface area contributed by atoms with Crippen molar-refractivity contribution < 1.29 is 19.1 Å². The number of fused-ring (bicyclic) bond motifs is 1. The fourth-order valence-corrected chi connectivity index (χ4v) is 4.13. The first-order valence-electron chi connectivity index (χ1n) is 10.8. The summed E-state index contributed by atoms with van der Waals surface area (Å²) in [6, 6.07) is 15.6. The topological polar surface area (TPSA) is 62.3 Å². The fraction of sp³-hybridized carbons (Fsp3) is 0.417. The summed E-state index contributed by atoms with van der Waals surface area (Å²) in [7, 11) is 1.67. The monoisotopic (exact) mass is 423 g/mol. The molecule has 31 heavy (non-hydrogen) atoms. The Hall–Kier alpha value is -3.06. The number of nitrogens with zero attached hydrogens (tertiary/aromatic N) is 3. The Balaban J connectivity index is 1.29. The standard InChI is InChI=1S/C24H29N3O4/c1-30-20-9-7-19(8-10-20)17-25-12-4-13-26(16-15-25)23(28)11-14-27-21-5-2-3-6-22(21)31-18-24(27)29/h2-3,5-10H,4,11-18H2,1H3. The second-order valence-electron chi connectivity index (χ2n) is 7.91. The van der Waals surface area contributed by atoms with Gasteiger partial charge in [0, 0.05) is 45.7 Å². The van der Waals surface area contributed by atoms with E-state index < -0.39 is 0 Å². The van der Waals surface area contributed by atoms with E-state index in [9.17, 15) is 9.59 Å². The lowest BCUT2D eigenvalue weighted by molar-refractivity contribution is -0.131. The van der Waals surface area contributed by atoms with Gasteiger partial charge in [0.05, 0.1) is 12.8 Å². The summed E-state index contributed by atoms with van der Waals surface area (Å²) in [5.41, 5.74) is 1.98. The Kier molecular flexibility index (Phi) is 6.72. The maximum atomic E-state index is 12.9. The molecule has 2 aliphatic heterocycles. The second kappa shape index (κ2) is 9.83. The average molecular weight is 424 g/mol. The van der Waals surface area contributed by atoms with E-state index in [1.54, 1.807) is 12.0 Å². The van der Waals surface area contributed by atoms with Gasteiger partial charge < -0.3 is 19.3 Å². The summed E-state index contributed by atoms with van der Waals surface area (Å²) in [6.07, 6.45) is 1.26. The van der Waals surface area contributed by atoms with Crippen molar-refractivity contribution in [2.24, 2.45) is 0 Å². The highest BCUT2D eigenvalue weighted by molar-refractivity contribution is 5.98. The molecule has 0 spiro atoms. The first-order chi connectivity index (χ1) is 15.1. The maximum absolute atomic E-state index is 12.9. The van der Waals surface area contributed by atoms with Gasteiger partial charge in [0.2, 0.25) is 5.91 Å². The lowest BCUT2D eigenvalue weighted by Crippen LogP contribution is -2.42. The molecule has 2 heterocycles. The van der Waals surface area contributed by atoms with Crippen LogP contribution in [0.15, 0.2) is 48.5 Å². The Morgan fingerprint density at radius 3 is 2.65 bits per heavy atom. The van der Waals surface area contributed by atoms with Gasteiger partial charge in [-0.05, 0) is 36.2 Å². The van der Waals surface area contributed by atoms with Gasteiger partial charge in [0.25, 0.3) is 5.91 Å². The molecule has 2 aromatic carbocycles. The lowest BCUT2D eigenvalue weighted by Gasteiger charge is -2.30. The van der Waals surface area contributed by atoms with E-state index in [1.807, 2.05) is 41.3 Å². The molecule has 2 amide bonds. The van der Waals surface area contributed by atoms with Crippen molar-refractivity contribution in [2.75, 3.05) is 51.3 Å². The first-order valence-corrected chi connectivity index (χ1v) is 10.8. The number of ether oxygens (including phenoxy) is 2. The summed E-state index contributed by atoms with van der Waals surface area (Å²) in [4.78, 5) is 31.2. The molecule has 0 aromatic heterocycles. The summed E-state index contributed by atoms with van der Waals surface area (Å²) in [6.45, 7) is 4.54. The minimum atomic E-state index is -0.104. The number of rotatable bonds is 6. The summed E-state index contributed by atoms with van der Waals surface area (Å²) < 4.78 is 10.7. The number of amides is 2. The van der Waals surface area contributed by atoms with Crippen molar-refractivity contribution in [1.82, 2.24) is 9.80 Å². The molecule has 2 aliphatic rings. The summed E-state index contributed by atoms with van der Waals surface area (Å²) >= 11 is 0. The van der Waals surface area contributed by atoms with E-state index in [-0.39, 0.29) is 18.4 Å². The van der Waals surface area contributed by atoms with Crippen LogP contribution in [0.4, 0.5) is 5.69 Å². The number of carbonyl (C=O) groups excluding carboxylic acids is 2. The molecule has 0 radical (unpaired) electrons. The Labute approximate surface area is 183 Å². The van der Waals surface area contributed by atoms with Crippen LogP contribution in [0.1, 0.15) is 18.4 Å². The molecule has 164 valence electrons. The van der Waals surface area contributed by atoms with E-state index in [0.717, 1.165) is 44.0 Å². The predicted octanol–water partition coefficient (Wildman–Crippen LogP) is 2.55. The molecule has 0 aliphatic carbocycles. The lowest BCUT2D eigenvalue weighted by atomic mass is 10.2. The average Bonchev–Trinajstić information content (AvgIpc) is 3.04. The van der Waals surface area contributed by atoms with E-state index >= 15 is 0 Å². The van der Waals surface area contributed by atoms with E-state index in [4.69, 9.17) is 9.47 Å². The van der Waals surface area contributed by atoms with Crippen LogP contribution in [0.3, 0.4) is 0 Å². The largest absolute Gasteiger partial charge is 0.497 e. The van der Waals surface area contributed by atoms with Crippen LogP contribution in [0, 0.1) is 0 Å². The van der Waals surface area contributed by atoms with E-state index in [1.165, 1.54) is 5.56 Å². The van der Waals surface area contributed by atoms with Gasteiger partial charge in [-0.3, -0.25) is 14.5 Å². The van der Waals surface area contributed by atoms with Gasteiger partial charge in [0.15, 0.2) is 6.61 Å². The van der Waals surface area contributed by atoms with Crippen LogP contribution in [0.25, 0.3) is 0 Å². The minimum Gasteiger partial charge on any atom is -0.497 e. The van der Waals surface area contributed by atoms with Gasteiger partial charge >= 0.3 is 0 Å². The van der Waals surface area contributed by atoms with Crippen molar-refractivity contribution in [1.29, 1.82) is 0 Å². The zero-order valence-corrected chi connectivity index (χ0v) is 18.0. The molecule has 0 atom stereocenters. The molecular formula is C24H29N3O4. The third kappa shape index (κ3) is 5.17. The Bertz CT molecular complexity index is 915. The van der Waals surface area contributed by atoms with E-state index in [0.29, 0.717) is 25.3 Å². The fourth-order valence-electron chi connectivity index (χ4n) is 4.13. The van der Waals surface area contributed by atoms with Gasteiger partial charge in [-0.2, -0.15) is 0 Å². The van der Waals surface area contributed by atoms with Crippen LogP contribution >= 0.6 is 0 Å². The number of methoxy groups -OCH3 is 1. The highest BCUT2D eigenvalue weighted by Crippen LogP contribution is 2.31. The Morgan fingerprint density at radius 2 is 1.84 bits per heavy atom. The van der Waals surface area contributed by atoms with Crippen molar-refractivity contribution in [3.05, 3.63) is 54.1 Å². The van der Waals surface area contributed by atoms with Gasteiger partial charge in [-0.1, -0.05) is 24.3 Å². The zero-order valence-electron chi connectivity index (χ0n) is 18.0. The van der Waals surface area contributed by atoms with Crippen molar-refractivity contribution in [3.63, 3.8) is 0 Å². The first kappa shape index (κ1) is 21.2. The van der Waals surface area contributed by atoms with Crippen LogP contribution in [-0.2, 0) is 16.1 Å². The molecule has 7 nitrogen and oxygen atoms in total. The highest BCUT2D eigenvalue weighted by atomic mass is 16.5. The minimum absolute atomic E-state index is 0.0231. The smallest absolute Gasteiger partial charge is 0.265 e. The third-order valence-electron chi connectivity index (χ3n) is 5.86. The van der Waals surface area contributed by atoms with Crippen LogP contribution in [0.5, 0.6) is 11.5 Å². The molecule has 1 fully saturated rings. The van der Waals surface area contributed by atoms with Gasteiger partial charge in [-0.25, -0.2) is 0 Å². The number of hydrogen-bond acceptors (Lipinski definition) is 5. The quantitative estimate of drug-likeness (QED) is 0.715. The molecule has 0 saturated carbocycles. The molecule has 2 aromatic rings. The van der Waals surface area contributed by atoms with Crippen molar-refractivity contribution in [3.8, 4) is 11.5 Å².